The second kappa shape index (κ2) is 11.7. The van der Waals surface area contributed by atoms with Crippen LogP contribution in [0.5, 0.6) is 0 Å². The van der Waals surface area contributed by atoms with Gasteiger partial charge in [0, 0.05) is 42.1 Å². The Morgan fingerprint density at radius 2 is 1.75 bits per heavy atom. The van der Waals surface area contributed by atoms with E-state index in [-0.39, 0.29) is 17.9 Å². The van der Waals surface area contributed by atoms with E-state index in [1.165, 1.54) is 12.8 Å². The van der Waals surface area contributed by atoms with Gasteiger partial charge in [-0.2, -0.15) is 4.98 Å². The molecular weight excluding hydrogens is 526 g/mol. The normalized spacial score (nSPS) is 17.5. The van der Waals surface area contributed by atoms with E-state index in [0.717, 1.165) is 53.9 Å². The van der Waals surface area contributed by atoms with E-state index < -0.39 is 0 Å². The van der Waals surface area contributed by atoms with Crippen LogP contribution in [0.3, 0.4) is 0 Å². The topological polar surface area (TPSA) is 111 Å². The van der Waals surface area contributed by atoms with Gasteiger partial charge in [-0.05, 0) is 80.0 Å². The fourth-order valence-electron chi connectivity index (χ4n) is 5.78. The Hall–Kier alpha value is -3.85. The number of rotatable bonds is 3. The fraction of sp³-hybridized carbons (Fsp3) is 0.400. The quantitative estimate of drug-likeness (QED) is 0.312. The first-order valence-electron chi connectivity index (χ1n) is 14.1. The van der Waals surface area contributed by atoms with Gasteiger partial charge in [-0.15, -0.1) is 0 Å². The number of hydrogen-bond donors (Lipinski definition) is 4. The highest BCUT2D eigenvalue weighted by Crippen LogP contribution is 2.30. The Bertz CT molecular complexity index is 1400. The summed E-state index contributed by atoms with van der Waals surface area (Å²) in [4.78, 5) is 36.7. The van der Waals surface area contributed by atoms with Gasteiger partial charge in [0.15, 0.2) is 5.82 Å². The molecule has 208 valence electrons. The van der Waals surface area contributed by atoms with Crippen LogP contribution in [0.25, 0.3) is 0 Å². The number of carbonyl (C=O) groups excluding carboxylic acids is 2. The van der Waals surface area contributed by atoms with Crippen molar-refractivity contribution in [2.45, 2.75) is 57.4 Å². The van der Waals surface area contributed by atoms with Crippen LogP contribution in [0, 0.1) is 5.92 Å². The minimum atomic E-state index is -0.128. The summed E-state index contributed by atoms with van der Waals surface area (Å²) in [6.45, 7) is 1.19. The van der Waals surface area contributed by atoms with Gasteiger partial charge in [-0.3, -0.25) is 4.79 Å². The number of urea groups is 1. The van der Waals surface area contributed by atoms with Crippen molar-refractivity contribution in [3.05, 3.63) is 64.8 Å². The first-order chi connectivity index (χ1) is 19.5. The molecule has 10 heteroatoms. The van der Waals surface area contributed by atoms with E-state index in [4.69, 9.17) is 11.6 Å². The predicted octanol–water partition coefficient (Wildman–Crippen LogP) is 6.02. The van der Waals surface area contributed by atoms with Gasteiger partial charge in [0.1, 0.15) is 5.02 Å². The second-order valence-corrected chi connectivity index (χ2v) is 11.3. The van der Waals surface area contributed by atoms with Gasteiger partial charge in [-0.1, -0.05) is 36.6 Å². The number of anilines is 5. The summed E-state index contributed by atoms with van der Waals surface area (Å²) < 4.78 is 0. The molecule has 1 aromatic heterocycles. The largest absolute Gasteiger partial charge is 0.339 e. The molecule has 40 heavy (non-hydrogen) atoms. The molecule has 1 aliphatic carbocycles. The van der Waals surface area contributed by atoms with E-state index >= 15 is 0 Å². The lowest BCUT2D eigenvalue weighted by Gasteiger charge is -2.32. The van der Waals surface area contributed by atoms with Gasteiger partial charge in [-0.25, -0.2) is 9.78 Å². The molecule has 1 saturated heterocycles. The van der Waals surface area contributed by atoms with E-state index in [1.54, 1.807) is 6.20 Å². The Morgan fingerprint density at radius 3 is 2.58 bits per heavy atom. The summed E-state index contributed by atoms with van der Waals surface area (Å²) in [5.41, 5.74) is 4.71. The number of nitrogens with zero attached hydrogens (tertiary/aromatic N) is 3. The number of benzene rings is 2. The van der Waals surface area contributed by atoms with Crippen molar-refractivity contribution in [1.82, 2.24) is 20.2 Å². The van der Waals surface area contributed by atoms with Crippen molar-refractivity contribution < 1.29 is 9.59 Å². The lowest BCUT2D eigenvalue weighted by atomic mass is 9.95. The third-order valence-corrected chi connectivity index (χ3v) is 8.35. The van der Waals surface area contributed by atoms with E-state index in [2.05, 4.69) is 43.4 Å². The van der Waals surface area contributed by atoms with Gasteiger partial charge in [0.05, 0.1) is 6.20 Å². The Kier molecular flexibility index (Phi) is 7.73. The summed E-state index contributed by atoms with van der Waals surface area (Å²) in [6, 6.07) is 14.4. The van der Waals surface area contributed by atoms with E-state index in [0.29, 0.717) is 48.8 Å². The number of piperidine rings is 1. The van der Waals surface area contributed by atoms with Crippen molar-refractivity contribution >= 4 is 52.4 Å². The van der Waals surface area contributed by atoms with Crippen LogP contribution in [-0.4, -0.2) is 45.9 Å². The van der Waals surface area contributed by atoms with Crippen molar-refractivity contribution in [2.24, 2.45) is 5.92 Å². The Balaban J connectivity index is 1.16. The molecule has 6 bridgehead atoms. The number of nitrogens with one attached hydrogen (secondary N) is 4. The Morgan fingerprint density at radius 1 is 0.950 bits per heavy atom. The van der Waals surface area contributed by atoms with Gasteiger partial charge >= 0.3 is 6.03 Å². The molecule has 3 aromatic rings. The maximum Gasteiger partial charge on any atom is 0.317 e. The summed E-state index contributed by atoms with van der Waals surface area (Å²) in [5.74, 6) is 0.831. The molecule has 0 atom stereocenters. The monoisotopic (exact) mass is 559 g/mol. The van der Waals surface area contributed by atoms with Crippen LogP contribution in [-0.2, 0) is 17.6 Å². The molecule has 4 N–H and O–H groups in total. The molecule has 9 nitrogen and oxygen atoms in total. The van der Waals surface area contributed by atoms with Crippen LogP contribution in [0.2, 0.25) is 5.02 Å². The van der Waals surface area contributed by atoms with Crippen molar-refractivity contribution in [3.8, 4) is 0 Å². The highest BCUT2D eigenvalue weighted by atomic mass is 35.5. The standard InChI is InChI=1S/C30H34ClN7O2/c31-25-18-32-29-34-23-7-3-4-19(16-23)8-9-21-17-24(33-27(25)37-29)10-11-26(21)36-28(39)20-12-14-38(15-13-20)30(40)35-22-5-1-2-6-22/h3-4,7,10-11,16-18,20,22H,1-2,5-6,8-9,12-15H2,(H,35,40)(H,36,39)(H2,32,33,34,37). The lowest BCUT2D eigenvalue weighted by molar-refractivity contribution is -0.121. The summed E-state index contributed by atoms with van der Waals surface area (Å²) in [7, 11) is 0. The van der Waals surface area contributed by atoms with Crippen LogP contribution in [0.4, 0.5) is 33.6 Å². The second-order valence-electron chi connectivity index (χ2n) is 10.9. The number of carbonyl (C=O) groups is 2. The molecule has 0 unspecified atom stereocenters. The fourth-order valence-corrected chi connectivity index (χ4v) is 5.92. The number of amides is 3. The van der Waals surface area contributed by atoms with Crippen LogP contribution < -0.4 is 21.3 Å². The molecule has 1 saturated carbocycles. The summed E-state index contributed by atoms with van der Waals surface area (Å²) in [5, 5.41) is 13.3. The Labute approximate surface area is 239 Å². The highest BCUT2D eigenvalue weighted by molar-refractivity contribution is 6.32. The SMILES string of the molecule is O=C(Nc1ccc2cc1CCc1cccc(c1)Nc1ncc(Cl)c(n1)N2)C1CCN(C(=O)NC2CCCC2)CC1. The summed E-state index contributed by atoms with van der Waals surface area (Å²) in [6.07, 6.45) is 8.94. The molecule has 0 radical (unpaired) electrons. The number of aromatic nitrogens is 2. The zero-order chi connectivity index (χ0) is 27.5. The van der Waals surface area contributed by atoms with E-state index in [1.807, 2.05) is 35.2 Å². The maximum absolute atomic E-state index is 13.3. The number of aryl methyl sites for hydroxylation is 2. The van der Waals surface area contributed by atoms with Crippen molar-refractivity contribution in [1.29, 1.82) is 0 Å². The molecule has 2 fully saturated rings. The number of likely N-dealkylation sites (tertiary alicyclic amines) is 1. The lowest BCUT2D eigenvalue weighted by Crippen LogP contribution is -2.48. The molecule has 0 spiro atoms. The molecule has 6 rings (SSSR count). The highest BCUT2D eigenvalue weighted by Gasteiger charge is 2.29. The first-order valence-corrected chi connectivity index (χ1v) is 14.5. The molecular formula is C30H34ClN7O2. The van der Waals surface area contributed by atoms with Crippen molar-refractivity contribution in [2.75, 3.05) is 29.0 Å². The van der Waals surface area contributed by atoms with Crippen molar-refractivity contribution in [3.63, 3.8) is 0 Å². The third kappa shape index (κ3) is 6.14. The molecule has 3 heterocycles. The van der Waals surface area contributed by atoms with E-state index in [9.17, 15) is 9.59 Å². The van der Waals surface area contributed by atoms with Gasteiger partial charge in [0.2, 0.25) is 11.9 Å². The molecule has 2 aromatic carbocycles. The van der Waals surface area contributed by atoms with Crippen LogP contribution >= 0.6 is 11.6 Å². The number of halogens is 1. The minimum absolute atomic E-state index is 0.00501. The first kappa shape index (κ1) is 26.4. The smallest absolute Gasteiger partial charge is 0.317 e. The maximum atomic E-state index is 13.3. The van der Waals surface area contributed by atoms with Crippen LogP contribution in [0.1, 0.15) is 49.7 Å². The number of fused-ring (bicyclic) bond motifs is 6. The minimum Gasteiger partial charge on any atom is -0.339 e. The zero-order valence-electron chi connectivity index (χ0n) is 22.4. The molecule has 3 aliphatic rings. The number of hydrogen-bond acceptors (Lipinski definition) is 6. The van der Waals surface area contributed by atoms with Gasteiger partial charge in [0.25, 0.3) is 0 Å². The third-order valence-electron chi connectivity index (χ3n) is 8.07. The van der Waals surface area contributed by atoms with Crippen LogP contribution in [0.15, 0.2) is 48.7 Å². The predicted molar refractivity (Wildman–Crippen MR) is 158 cm³/mol. The average molecular weight is 560 g/mol. The average Bonchev–Trinajstić information content (AvgIpc) is 3.48. The zero-order valence-corrected chi connectivity index (χ0v) is 23.1. The molecule has 3 amide bonds. The summed E-state index contributed by atoms with van der Waals surface area (Å²) >= 11 is 6.39. The van der Waals surface area contributed by atoms with Gasteiger partial charge < -0.3 is 26.2 Å². The molecule has 2 aliphatic heterocycles.